The van der Waals surface area contributed by atoms with Crippen LogP contribution >= 0.6 is 0 Å². The van der Waals surface area contributed by atoms with Crippen LogP contribution < -0.4 is 5.32 Å². The molecule has 0 unspecified atom stereocenters. The molecule has 0 aliphatic rings. The topological polar surface area (TPSA) is 27.6 Å². The van der Waals surface area contributed by atoms with Gasteiger partial charge in [0.15, 0.2) is 5.96 Å². The highest BCUT2D eigenvalue weighted by molar-refractivity contribution is 5.79. The molecule has 0 fully saturated rings. The third-order valence-corrected chi connectivity index (χ3v) is 1.70. The summed E-state index contributed by atoms with van der Waals surface area (Å²) >= 11 is 0. The first-order valence-corrected chi connectivity index (χ1v) is 5.39. The Bertz CT molecular complexity index is 171. The summed E-state index contributed by atoms with van der Waals surface area (Å²) < 4.78 is 0. The van der Waals surface area contributed by atoms with Crippen molar-refractivity contribution in [2.75, 3.05) is 27.2 Å². The zero-order chi connectivity index (χ0) is 11.1. The molecule has 0 aromatic heterocycles. The zero-order valence-electron chi connectivity index (χ0n) is 10.5. The molecule has 3 nitrogen and oxygen atoms in total. The van der Waals surface area contributed by atoms with Crippen LogP contribution in [0.15, 0.2) is 4.99 Å². The van der Waals surface area contributed by atoms with Gasteiger partial charge in [-0.15, -0.1) is 0 Å². The van der Waals surface area contributed by atoms with Crippen LogP contribution in [-0.4, -0.2) is 38.0 Å². The van der Waals surface area contributed by atoms with Crippen molar-refractivity contribution in [1.29, 1.82) is 0 Å². The van der Waals surface area contributed by atoms with E-state index in [0.29, 0.717) is 11.8 Å². The Morgan fingerprint density at radius 3 is 2.07 bits per heavy atom. The molecule has 0 amide bonds. The van der Waals surface area contributed by atoms with E-state index in [1.807, 2.05) is 19.0 Å². The fourth-order valence-electron chi connectivity index (χ4n) is 0.920. The molecule has 0 spiro atoms. The molecule has 84 valence electrons. The van der Waals surface area contributed by atoms with E-state index in [9.17, 15) is 0 Å². The molecule has 0 aromatic rings. The Hall–Kier alpha value is -0.730. The van der Waals surface area contributed by atoms with Crippen molar-refractivity contribution in [2.24, 2.45) is 16.8 Å². The molecule has 0 heterocycles. The maximum atomic E-state index is 4.53. The molecular formula is C11H25N3. The van der Waals surface area contributed by atoms with Crippen LogP contribution in [0.25, 0.3) is 0 Å². The van der Waals surface area contributed by atoms with Gasteiger partial charge in [0, 0.05) is 27.2 Å². The van der Waals surface area contributed by atoms with Crippen LogP contribution in [-0.2, 0) is 0 Å². The summed E-state index contributed by atoms with van der Waals surface area (Å²) in [5.74, 6) is 2.26. The molecule has 0 bridgehead atoms. The van der Waals surface area contributed by atoms with Crippen molar-refractivity contribution in [3.63, 3.8) is 0 Å². The highest BCUT2D eigenvalue weighted by Gasteiger charge is 2.02. The number of nitrogens with one attached hydrogen (secondary N) is 1. The van der Waals surface area contributed by atoms with Crippen LogP contribution in [0.4, 0.5) is 0 Å². The average molecular weight is 199 g/mol. The van der Waals surface area contributed by atoms with Gasteiger partial charge in [0.05, 0.1) is 0 Å². The maximum Gasteiger partial charge on any atom is 0.193 e. The van der Waals surface area contributed by atoms with Gasteiger partial charge in [0.1, 0.15) is 0 Å². The lowest BCUT2D eigenvalue weighted by Gasteiger charge is -2.19. The SMILES string of the molecule is CC(C)CN=C(NCC(C)C)N(C)C. The number of aliphatic imine (C=N–C) groups is 1. The van der Waals surface area contributed by atoms with Crippen LogP contribution in [0, 0.1) is 11.8 Å². The van der Waals surface area contributed by atoms with E-state index in [1.54, 1.807) is 0 Å². The lowest BCUT2D eigenvalue weighted by Crippen LogP contribution is -2.38. The van der Waals surface area contributed by atoms with Gasteiger partial charge in [0.2, 0.25) is 0 Å². The van der Waals surface area contributed by atoms with Crippen LogP contribution in [0.1, 0.15) is 27.7 Å². The molecule has 0 aliphatic heterocycles. The Morgan fingerprint density at radius 1 is 1.14 bits per heavy atom. The summed E-state index contributed by atoms with van der Waals surface area (Å²) in [5.41, 5.74) is 0. The van der Waals surface area contributed by atoms with E-state index in [-0.39, 0.29) is 0 Å². The zero-order valence-corrected chi connectivity index (χ0v) is 10.5. The first-order valence-electron chi connectivity index (χ1n) is 5.39. The molecule has 3 heteroatoms. The van der Waals surface area contributed by atoms with Gasteiger partial charge >= 0.3 is 0 Å². The normalized spacial score (nSPS) is 12.4. The standard InChI is InChI=1S/C11H25N3/c1-9(2)7-12-11(14(5)6)13-8-10(3)4/h9-10H,7-8H2,1-6H3,(H,12,13). The van der Waals surface area contributed by atoms with Crippen LogP contribution in [0.2, 0.25) is 0 Å². The molecule has 1 N–H and O–H groups in total. The molecule has 0 saturated heterocycles. The maximum absolute atomic E-state index is 4.53. The predicted octanol–water partition coefficient (Wildman–Crippen LogP) is 1.81. The van der Waals surface area contributed by atoms with E-state index >= 15 is 0 Å². The first-order chi connectivity index (χ1) is 6.43. The van der Waals surface area contributed by atoms with E-state index < -0.39 is 0 Å². The summed E-state index contributed by atoms with van der Waals surface area (Å²) in [6, 6.07) is 0. The second kappa shape index (κ2) is 6.68. The van der Waals surface area contributed by atoms with Crippen molar-refractivity contribution in [1.82, 2.24) is 10.2 Å². The summed E-state index contributed by atoms with van der Waals surface area (Å²) in [7, 11) is 4.04. The Balaban J connectivity index is 4.08. The third-order valence-electron chi connectivity index (χ3n) is 1.70. The molecule has 14 heavy (non-hydrogen) atoms. The summed E-state index contributed by atoms with van der Waals surface area (Å²) in [4.78, 5) is 6.56. The minimum absolute atomic E-state index is 0.616. The van der Waals surface area contributed by atoms with Gasteiger partial charge in [-0.25, -0.2) is 0 Å². The summed E-state index contributed by atoms with van der Waals surface area (Å²) in [6.45, 7) is 10.6. The van der Waals surface area contributed by atoms with Crippen molar-refractivity contribution < 1.29 is 0 Å². The van der Waals surface area contributed by atoms with Gasteiger partial charge in [-0.1, -0.05) is 27.7 Å². The number of rotatable bonds is 4. The largest absolute Gasteiger partial charge is 0.356 e. The minimum Gasteiger partial charge on any atom is -0.356 e. The van der Waals surface area contributed by atoms with Crippen LogP contribution in [0.3, 0.4) is 0 Å². The molecule has 0 aliphatic carbocycles. The van der Waals surface area contributed by atoms with Crippen LogP contribution in [0.5, 0.6) is 0 Å². The summed E-state index contributed by atoms with van der Waals surface area (Å²) in [5, 5.41) is 3.35. The number of nitrogens with zero attached hydrogens (tertiary/aromatic N) is 2. The lowest BCUT2D eigenvalue weighted by atomic mass is 10.2. The second-order valence-electron chi connectivity index (χ2n) is 4.73. The number of hydrogen-bond donors (Lipinski definition) is 1. The van der Waals surface area contributed by atoms with E-state index in [4.69, 9.17) is 0 Å². The monoisotopic (exact) mass is 199 g/mol. The van der Waals surface area contributed by atoms with Gasteiger partial charge in [-0.3, -0.25) is 4.99 Å². The third kappa shape index (κ3) is 6.75. The van der Waals surface area contributed by atoms with Crippen molar-refractivity contribution in [2.45, 2.75) is 27.7 Å². The van der Waals surface area contributed by atoms with E-state index in [0.717, 1.165) is 19.0 Å². The smallest absolute Gasteiger partial charge is 0.193 e. The lowest BCUT2D eigenvalue weighted by molar-refractivity contribution is 0.540. The molecule has 0 aromatic carbocycles. The summed E-state index contributed by atoms with van der Waals surface area (Å²) in [6.07, 6.45) is 0. The fraction of sp³-hybridized carbons (Fsp3) is 0.909. The average Bonchev–Trinajstić information content (AvgIpc) is 2.02. The van der Waals surface area contributed by atoms with Gasteiger partial charge < -0.3 is 10.2 Å². The van der Waals surface area contributed by atoms with Gasteiger partial charge in [-0.2, -0.15) is 0 Å². The Morgan fingerprint density at radius 2 is 1.71 bits per heavy atom. The predicted molar refractivity (Wildman–Crippen MR) is 63.7 cm³/mol. The molecular weight excluding hydrogens is 174 g/mol. The van der Waals surface area contributed by atoms with Crippen molar-refractivity contribution in [3.05, 3.63) is 0 Å². The molecule has 0 saturated carbocycles. The molecule has 0 atom stereocenters. The Labute approximate surface area is 88.6 Å². The second-order valence-corrected chi connectivity index (χ2v) is 4.73. The van der Waals surface area contributed by atoms with Crippen molar-refractivity contribution >= 4 is 5.96 Å². The molecule has 0 rings (SSSR count). The number of hydrogen-bond acceptors (Lipinski definition) is 1. The quantitative estimate of drug-likeness (QED) is 0.552. The first kappa shape index (κ1) is 13.3. The minimum atomic E-state index is 0.616. The van der Waals surface area contributed by atoms with Crippen molar-refractivity contribution in [3.8, 4) is 0 Å². The van der Waals surface area contributed by atoms with E-state index in [1.165, 1.54) is 0 Å². The highest BCUT2D eigenvalue weighted by Crippen LogP contribution is 1.94. The number of guanidine groups is 1. The highest BCUT2D eigenvalue weighted by atomic mass is 15.3. The Kier molecular flexibility index (Phi) is 6.34. The molecule has 0 radical (unpaired) electrons. The van der Waals surface area contributed by atoms with E-state index in [2.05, 4.69) is 38.0 Å². The fourth-order valence-corrected chi connectivity index (χ4v) is 0.920. The van der Waals surface area contributed by atoms with Gasteiger partial charge in [-0.05, 0) is 11.8 Å². The van der Waals surface area contributed by atoms with Gasteiger partial charge in [0.25, 0.3) is 0 Å².